The van der Waals surface area contributed by atoms with E-state index in [9.17, 15) is 13.5 Å². The summed E-state index contributed by atoms with van der Waals surface area (Å²) in [6.07, 6.45) is 0. The van der Waals surface area contributed by atoms with Crippen LogP contribution in [0.3, 0.4) is 0 Å². The van der Waals surface area contributed by atoms with Crippen molar-refractivity contribution < 1.29 is 13.5 Å². The summed E-state index contributed by atoms with van der Waals surface area (Å²) in [6.45, 7) is 1.68. The van der Waals surface area contributed by atoms with E-state index in [1.807, 2.05) is 0 Å². The summed E-state index contributed by atoms with van der Waals surface area (Å²) in [7, 11) is -3.63. The summed E-state index contributed by atoms with van der Waals surface area (Å²) in [4.78, 5) is 4.32. The largest absolute Gasteiger partial charge is 0.507 e. The topological polar surface area (TPSA) is 92.8 Å². The molecule has 2 rings (SSSR count). The second kappa shape index (κ2) is 7.53. The molecule has 24 heavy (non-hydrogen) atoms. The predicted molar refractivity (Wildman–Crippen MR) is 97.8 cm³/mol. The Bertz CT molecular complexity index is 879. The normalized spacial score (nSPS) is 12.4. The van der Waals surface area contributed by atoms with Gasteiger partial charge in [-0.2, -0.15) is 0 Å². The molecule has 0 bridgehead atoms. The van der Waals surface area contributed by atoms with Gasteiger partial charge in [0.2, 0.25) is 10.0 Å². The molecule has 8 heteroatoms. The highest BCUT2D eigenvalue weighted by Crippen LogP contribution is 2.29. The number of rotatable bonds is 5. The highest BCUT2D eigenvalue weighted by Gasteiger charge is 2.15. The van der Waals surface area contributed by atoms with Crippen LogP contribution in [0.4, 0.5) is 0 Å². The van der Waals surface area contributed by atoms with Crippen molar-refractivity contribution >= 4 is 38.9 Å². The van der Waals surface area contributed by atoms with E-state index >= 15 is 0 Å². The lowest BCUT2D eigenvalue weighted by molar-refractivity contribution is 0.470. The van der Waals surface area contributed by atoms with Crippen LogP contribution in [0.15, 0.2) is 41.4 Å². The summed E-state index contributed by atoms with van der Waals surface area (Å²) in [5.74, 6) is -0.270. The van der Waals surface area contributed by atoms with E-state index in [-0.39, 0.29) is 18.0 Å². The lowest BCUT2D eigenvalue weighted by Gasteiger charge is -2.12. The third-order valence-corrected chi connectivity index (χ3v) is 4.51. The molecule has 0 fully saturated rings. The summed E-state index contributed by atoms with van der Waals surface area (Å²) in [6, 6.07) is 10.0. The molecule has 0 aliphatic heterocycles. The molecule has 0 saturated heterocycles. The number of hydrogen-bond donors (Lipinski definition) is 2. The molecule has 0 aromatic heterocycles. The Kier molecular flexibility index (Phi) is 5.87. The van der Waals surface area contributed by atoms with Crippen molar-refractivity contribution in [3.63, 3.8) is 0 Å². The molecule has 0 aliphatic rings. The van der Waals surface area contributed by atoms with E-state index < -0.39 is 10.0 Å². The molecular formula is C16H16Cl2N2O3S. The molecule has 0 spiro atoms. The molecule has 3 N–H and O–H groups in total. The number of aryl methyl sites for hydroxylation is 1. The van der Waals surface area contributed by atoms with Crippen LogP contribution in [0, 0.1) is 6.92 Å². The number of phenols is 1. The summed E-state index contributed by atoms with van der Waals surface area (Å²) >= 11 is 12.0. The van der Waals surface area contributed by atoms with Crippen LogP contribution in [-0.2, 0) is 10.0 Å². The molecule has 0 radical (unpaired) electrons. The minimum absolute atomic E-state index is 0.0312. The average molecular weight is 387 g/mol. The molecule has 0 aliphatic carbocycles. The molecule has 0 unspecified atom stereocenters. The third-order valence-electron chi connectivity index (χ3n) is 3.28. The third kappa shape index (κ3) is 4.95. The van der Waals surface area contributed by atoms with Crippen LogP contribution in [0.2, 0.25) is 10.0 Å². The fraction of sp³-hybridized carbons (Fsp3) is 0.188. The number of hydrogen-bond acceptors (Lipinski definition) is 4. The number of halogens is 2. The number of primary sulfonamides is 1. The van der Waals surface area contributed by atoms with Gasteiger partial charge in [0.25, 0.3) is 0 Å². The van der Waals surface area contributed by atoms with Gasteiger partial charge in [-0.15, -0.1) is 0 Å². The minimum atomic E-state index is -3.63. The molecule has 2 aromatic rings. The lowest BCUT2D eigenvalue weighted by Crippen LogP contribution is -2.19. The predicted octanol–water partition coefficient (Wildman–Crippen LogP) is 3.13. The van der Waals surface area contributed by atoms with Crippen molar-refractivity contribution in [1.29, 1.82) is 0 Å². The van der Waals surface area contributed by atoms with Gasteiger partial charge in [0.15, 0.2) is 0 Å². The van der Waals surface area contributed by atoms with Crippen LogP contribution >= 0.6 is 23.2 Å². The molecule has 0 heterocycles. The van der Waals surface area contributed by atoms with Crippen molar-refractivity contribution in [2.24, 2.45) is 10.1 Å². The first-order valence-corrected chi connectivity index (χ1v) is 9.45. The van der Waals surface area contributed by atoms with E-state index in [0.717, 1.165) is 0 Å². The summed E-state index contributed by atoms with van der Waals surface area (Å²) in [5.41, 5.74) is 2.09. The first kappa shape index (κ1) is 18.7. The smallest absolute Gasteiger partial charge is 0.210 e. The molecule has 0 atom stereocenters. The van der Waals surface area contributed by atoms with Crippen LogP contribution in [0.25, 0.3) is 0 Å². The first-order chi connectivity index (χ1) is 11.2. The van der Waals surface area contributed by atoms with E-state index in [1.54, 1.807) is 43.3 Å². The van der Waals surface area contributed by atoms with Crippen LogP contribution in [0.5, 0.6) is 5.75 Å². The monoisotopic (exact) mass is 386 g/mol. The zero-order valence-corrected chi connectivity index (χ0v) is 15.2. The number of sulfonamides is 1. The fourth-order valence-electron chi connectivity index (χ4n) is 2.14. The summed E-state index contributed by atoms with van der Waals surface area (Å²) < 4.78 is 22.3. The van der Waals surface area contributed by atoms with E-state index in [0.29, 0.717) is 32.4 Å². The van der Waals surface area contributed by atoms with Crippen molar-refractivity contribution in [1.82, 2.24) is 0 Å². The molecule has 0 saturated carbocycles. The molecule has 5 nitrogen and oxygen atoms in total. The maximum absolute atomic E-state index is 11.1. The van der Waals surface area contributed by atoms with Crippen molar-refractivity contribution in [2.75, 3.05) is 12.3 Å². The van der Waals surface area contributed by atoms with Gasteiger partial charge in [0.05, 0.1) is 18.0 Å². The van der Waals surface area contributed by atoms with Gasteiger partial charge in [0.1, 0.15) is 5.75 Å². The Labute approximate surface area is 150 Å². The molecule has 2 aromatic carbocycles. The second-order valence-electron chi connectivity index (χ2n) is 5.22. The number of phenolic OH excluding ortho intramolecular Hbond substituents is 1. The Morgan fingerprint density at radius 1 is 1.17 bits per heavy atom. The van der Waals surface area contributed by atoms with Gasteiger partial charge < -0.3 is 5.11 Å². The Morgan fingerprint density at radius 3 is 2.38 bits per heavy atom. The standard InChI is InChI=1S/C16H16Cl2N2O3S/c1-10-8-13(18)9-14(16(10)21)15(20-6-7-24(19,22)23)11-2-4-12(17)5-3-11/h2-5,8-9,21H,6-7H2,1H3,(H2,19,22,23). The van der Waals surface area contributed by atoms with Gasteiger partial charge in [-0.1, -0.05) is 35.3 Å². The quantitative estimate of drug-likeness (QED) is 0.772. The summed E-state index contributed by atoms with van der Waals surface area (Å²) in [5, 5.41) is 16.4. The van der Waals surface area contributed by atoms with Crippen LogP contribution < -0.4 is 5.14 Å². The zero-order valence-electron chi connectivity index (χ0n) is 12.8. The Morgan fingerprint density at radius 2 is 1.79 bits per heavy atom. The second-order valence-corrected chi connectivity index (χ2v) is 7.83. The number of nitrogens with zero attached hydrogens (tertiary/aromatic N) is 1. The maximum Gasteiger partial charge on any atom is 0.210 e. The van der Waals surface area contributed by atoms with Gasteiger partial charge >= 0.3 is 0 Å². The molecular weight excluding hydrogens is 371 g/mol. The molecule has 128 valence electrons. The number of aromatic hydroxyl groups is 1. The van der Waals surface area contributed by atoms with Crippen LogP contribution in [-0.4, -0.2) is 31.5 Å². The van der Waals surface area contributed by atoms with Crippen molar-refractivity contribution in [3.05, 3.63) is 63.1 Å². The van der Waals surface area contributed by atoms with Gasteiger partial charge in [-0.25, -0.2) is 13.6 Å². The average Bonchev–Trinajstić information content (AvgIpc) is 2.48. The lowest BCUT2D eigenvalue weighted by atomic mass is 9.99. The van der Waals surface area contributed by atoms with Gasteiger partial charge in [-0.3, -0.25) is 4.99 Å². The van der Waals surface area contributed by atoms with Crippen molar-refractivity contribution in [2.45, 2.75) is 6.92 Å². The van der Waals surface area contributed by atoms with Gasteiger partial charge in [0, 0.05) is 21.2 Å². The van der Waals surface area contributed by atoms with E-state index in [2.05, 4.69) is 4.99 Å². The number of aliphatic imine (C=N–C) groups is 1. The van der Waals surface area contributed by atoms with Crippen molar-refractivity contribution in [3.8, 4) is 5.75 Å². The van der Waals surface area contributed by atoms with E-state index in [4.69, 9.17) is 28.3 Å². The number of nitrogens with two attached hydrogens (primary N) is 1. The SMILES string of the molecule is Cc1cc(Cl)cc(C(=NCCS(N)(=O)=O)c2ccc(Cl)cc2)c1O. The van der Waals surface area contributed by atoms with E-state index in [1.165, 1.54) is 0 Å². The highest BCUT2D eigenvalue weighted by atomic mass is 35.5. The minimum Gasteiger partial charge on any atom is -0.507 e. The number of benzene rings is 2. The van der Waals surface area contributed by atoms with Crippen LogP contribution in [0.1, 0.15) is 16.7 Å². The van der Waals surface area contributed by atoms with Gasteiger partial charge in [-0.05, 0) is 36.8 Å². The Hall–Kier alpha value is -1.60. The first-order valence-electron chi connectivity index (χ1n) is 6.98. The zero-order chi connectivity index (χ0) is 17.9. The fourth-order valence-corrected chi connectivity index (χ4v) is 2.88. The Balaban J connectivity index is 2.54. The maximum atomic E-state index is 11.1. The highest BCUT2D eigenvalue weighted by molar-refractivity contribution is 7.89. The molecule has 0 amide bonds.